The minimum atomic E-state index is -2.80. The number of pyridine rings is 1. The zero-order valence-electron chi connectivity index (χ0n) is 13.3. The van der Waals surface area contributed by atoms with Gasteiger partial charge in [0.05, 0.1) is 17.1 Å². The number of rotatable bonds is 3. The number of carboxylic acids is 1. The summed E-state index contributed by atoms with van der Waals surface area (Å²) in [5.74, 6) is -4.04. The lowest BCUT2D eigenvalue weighted by Crippen LogP contribution is -2.41. The van der Waals surface area contributed by atoms with Crippen molar-refractivity contribution in [1.82, 2.24) is 14.3 Å². The molecule has 2 aliphatic rings. The third-order valence-electron chi connectivity index (χ3n) is 4.90. The molecule has 134 valence electrons. The van der Waals surface area contributed by atoms with E-state index in [1.807, 2.05) is 0 Å². The summed E-state index contributed by atoms with van der Waals surface area (Å²) in [6, 6.07) is -0.695. The van der Waals surface area contributed by atoms with E-state index in [0.717, 1.165) is 23.6 Å². The fourth-order valence-electron chi connectivity index (χ4n) is 3.57. The zero-order chi connectivity index (χ0) is 17.8. The van der Waals surface area contributed by atoms with Gasteiger partial charge in [0.2, 0.25) is 0 Å². The molecule has 7 nitrogen and oxygen atoms in total. The molecular weight excluding hydrogens is 336 g/mol. The maximum atomic E-state index is 13.2. The molecule has 0 radical (unpaired) electrons. The molecule has 1 aliphatic carbocycles. The molecule has 4 rings (SSSR count). The molecule has 25 heavy (non-hydrogen) atoms. The van der Waals surface area contributed by atoms with Crippen LogP contribution in [0.3, 0.4) is 0 Å². The molecule has 1 saturated heterocycles. The van der Waals surface area contributed by atoms with Crippen LogP contribution in [0.15, 0.2) is 17.2 Å². The van der Waals surface area contributed by atoms with Crippen molar-refractivity contribution in [2.45, 2.75) is 50.3 Å². The lowest BCUT2D eigenvalue weighted by Gasteiger charge is -2.36. The number of ether oxygens (including phenoxy) is 1. The third-order valence-corrected chi connectivity index (χ3v) is 4.90. The molecule has 3 heterocycles. The summed E-state index contributed by atoms with van der Waals surface area (Å²) < 4.78 is 34.5. The Kier molecular flexibility index (Phi) is 3.64. The van der Waals surface area contributed by atoms with Gasteiger partial charge in [-0.05, 0) is 19.3 Å². The zero-order valence-corrected chi connectivity index (χ0v) is 13.3. The minimum Gasteiger partial charge on any atom is -0.478 e. The van der Waals surface area contributed by atoms with Crippen LogP contribution in [-0.4, -0.2) is 38.0 Å². The van der Waals surface area contributed by atoms with Crippen LogP contribution in [0.1, 0.15) is 54.7 Å². The Hall–Kier alpha value is -2.29. The summed E-state index contributed by atoms with van der Waals surface area (Å²) in [5.41, 5.74) is -0.439. The average Bonchev–Trinajstić information content (AvgIpc) is 2.99. The monoisotopic (exact) mass is 353 g/mol. The fourth-order valence-corrected chi connectivity index (χ4v) is 3.57. The second-order valence-corrected chi connectivity index (χ2v) is 6.65. The van der Waals surface area contributed by atoms with Gasteiger partial charge in [-0.15, -0.1) is 0 Å². The van der Waals surface area contributed by atoms with E-state index >= 15 is 0 Å². The molecule has 1 saturated carbocycles. The van der Waals surface area contributed by atoms with E-state index in [0.29, 0.717) is 13.0 Å². The first kappa shape index (κ1) is 16.2. The number of carbonyl (C=O) groups is 1. The number of halogens is 2. The van der Waals surface area contributed by atoms with Gasteiger partial charge in [-0.25, -0.2) is 18.3 Å². The van der Waals surface area contributed by atoms with E-state index in [9.17, 15) is 23.5 Å². The third kappa shape index (κ3) is 2.62. The van der Waals surface area contributed by atoms with Crippen LogP contribution in [0.4, 0.5) is 8.78 Å². The Bertz CT molecular complexity index is 891. The van der Waals surface area contributed by atoms with Crippen LogP contribution in [-0.2, 0) is 4.74 Å². The van der Waals surface area contributed by atoms with Crippen molar-refractivity contribution >= 4 is 16.9 Å². The number of alkyl halides is 2. The van der Waals surface area contributed by atoms with Gasteiger partial charge in [0.15, 0.2) is 6.23 Å². The van der Waals surface area contributed by atoms with Gasteiger partial charge in [-0.1, -0.05) is 0 Å². The second kappa shape index (κ2) is 5.62. The molecule has 2 aromatic rings. The molecule has 1 aliphatic heterocycles. The summed E-state index contributed by atoms with van der Waals surface area (Å²) in [4.78, 5) is 24.4. The molecular formula is C16H17F2N3O4. The molecule has 1 atom stereocenters. The number of hydrogen-bond acceptors (Lipinski definition) is 4. The molecule has 0 bridgehead atoms. The Morgan fingerprint density at radius 1 is 1.36 bits per heavy atom. The predicted octanol–water partition coefficient (Wildman–Crippen LogP) is 2.57. The smallest absolute Gasteiger partial charge is 0.339 e. The maximum Gasteiger partial charge on any atom is 0.339 e. The van der Waals surface area contributed by atoms with E-state index in [4.69, 9.17) is 4.74 Å². The van der Waals surface area contributed by atoms with Crippen molar-refractivity contribution in [3.63, 3.8) is 0 Å². The number of nitrogens with zero attached hydrogens (tertiary/aromatic N) is 3. The fraction of sp³-hybridized carbons (Fsp3) is 0.562. The van der Waals surface area contributed by atoms with Crippen LogP contribution in [0.2, 0.25) is 0 Å². The van der Waals surface area contributed by atoms with Crippen molar-refractivity contribution in [1.29, 1.82) is 0 Å². The summed E-state index contributed by atoms with van der Waals surface area (Å²) in [6.45, 7) is 0.544. The number of hydrogen-bond donors (Lipinski definition) is 1. The highest BCUT2D eigenvalue weighted by atomic mass is 19.3. The highest BCUT2D eigenvalue weighted by molar-refractivity contribution is 6.01. The van der Waals surface area contributed by atoms with E-state index in [2.05, 4.69) is 5.10 Å². The first-order valence-electron chi connectivity index (χ1n) is 8.22. The summed E-state index contributed by atoms with van der Waals surface area (Å²) in [6.07, 6.45) is 3.63. The summed E-state index contributed by atoms with van der Waals surface area (Å²) >= 11 is 0. The van der Waals surface area contributed by atoms with Gasteiger partial charge >= 0.3 is 5.97 Å². The Balaban J connectivity index is 1.85. The molecule has 1 unspecified atom stereocenters. The van der Waals surface area contributed by atoms with Crippen molar-refractivity contribution in [2.24, 2.45) is 0 Å². The average molecular weight is 353 g/mol. The molecule has 1 N–H and O–H groups in total. The molecule has 2 fully saturated rings. The van der Waals surface area contributed by atoms with Gasteiger partial charge in [0.1, 0.15) is 5.56 Å². The second-order valence-electron chi connectivity index (χ2n) is 6.65. The Labute approximate surface area is 140 Å². The van der Waals surface area contributed by atoms with Crippen LogP contribution in [0, 0.1) is 0 Å². The molecule has 0 spiro atoms. The van der Waals surface area contributed by atoms with Crippen LogP contribution in [0.25, 0.3) is 10.9 Å². The van der Waals surface area contributed by atoms with Gasteiger partial charge in [-0.3, -0.25) is 4.79 Å². The first-order valence-corrected chi connectivity index (χ1v) is 8.22. The normalized spacial score (nSPS) is 23.5. The molecule has 9 heteroatoms. The summed E-state index contributed by atoms with van der Waals surface area (Å²) in [7, 11) is 0. The number of aromatic nitrogens is 3. The first-order chi connectivity index (χ1) is 11.9. The molecule has 0 amide bonds. The van der Waals surface area contributed by atoms with E-state index in [-0.39, 0.29) is 16.5 Å². The van der Waals surface area contributed by atoms with E-state index < -0.39 is 42.6 Å². The quantitative estimate of drug-likeness (QED) is 0.916. The molecule has 2 aromatic heterocycles. The Morgan fingerprint density at radius 2 is 2.12 bits per heavy atom. The number of fused-ring (bicyclic) bond motifs is 1. The van der Waals surface area contributed by atoms with Crippen LogP contribution < -0.4 is 5.56 Å². The van der Waals surface area contributed by atoms with Gasteiger partial charge in [0.25, 0.3) is 11.5 Å². The van der Waals surface area contributed by atoms with Crippen molar-refractivity contribution in [2.75, 3.05) is 6.61 Å². The number of aromatic carboxylic acids is 1. The van der Waals surface area contributed by atoms with Gasteiger partial charge in [0, 0.05) is 31.7 Å². The lowest BCUT2D eigenvalue weighted by molar-refractivity contribution is -0.104. The van der Waals surface area contributed by atoms with Crippen molar-refractivity contribution in [3.8, 4) is 0 Å². The van der Waals surface area contributed by atoms with Gasteiger partial charge in [-0.2, -0.15) is 5.10 Å². The lowest BCUT2D eigenvalue weighted by atomic mass is 9.87. The standard InChI is InChI=1S/C16H17F2N3O4/c17-16(18)5-9(6-16)20-8-11(15(23)24)13-10(14(20)22)7-19-21(13)12-3-1-2-4-25-12/h7-9,12H,1-6H2,(H,23,24). The van der Waals surface area contributed by atoms with Crippen molar-refractivity contribution < 1.29 is 23.4 Å². The van der Waals surface area contributed by atoms with Gasteiger partial charge < -0.3 is 14.4 Å². The molecule has 0 aromatic carbocycles. The predicted molar refractivity (Wildman–Crippen MR) is 83.0 cm³/mol. The number of carboxylic acid groups (broad SMARTS) is 1. The summed E-state index contributed by atoms with van der Waals surface area (Å²) in [5, 5.41) is 13.8. The van der Waals surface area contributed by atoms with Crippen LogP contribution in [0.5, 0.6) is 0 Å². The highest BCUT2D eigenvalue weighted by Gasteiger charge is 2.47. The van der Waals surface area contributed by atoms with Crippen molar-refractivity contribution in [3.05, 3.63) is 28.3 Å². The van der Waals surface area contributed by atoms with E-state index in [1.165, 1.54) is 10.9 Å². The highest BCUT2D eigenvalue weighted by Crippen LogP contribution is 2.45. The largest absolute Gasteiger partial charge is 0.478 e. The minimum absolute atomic E-state index is 0.115. The van der Waals surface area contributed by atoms with Crippen LogP contribution >= 0.6 is 0 Å². The SMILES string of the molecule is O=C(O)c1cn(C2CC(F)(F)C2)c(=O)c2cnn(C3CCCCO3)c12. The Morgan fingerprint density at radius 3 is 2.72 bits per heavy atom. The van der Waals surface area contributed by atoms with E-state index in [1.54, 1.807) is 0 Å². The maximum absolute atomic E-state index is 13.2. The topological polar surface area (TPSA) is 86.4 Å².